The van der Waals surface area contributed by atoms with Crippen molar-refractivity contribution in [3.63, 3.8) is 0 Å². The molecule has 0 spiro atoms. The van der Waals surface area contributed by atoms with Crippen molar-refractivity contribution in [3.05, 3.63) is 219 Å². The van der Waals surface area contributed by atoms with E-state index in [9.17, 15) is 0 Å². The second kappa shape index (κ2) is 15.1. The van der Waals surface area contributed by atoms with Gasteiger partial charge < -0.3 is 18.6 Å². The molecule has 0 saturated heterocycles. The van der Waals surface area contributed by atoms with Crippen LogP contribution in [0.5, 0.6) is 0 Å². The van der Waals surface area contributed by atoms with Gasteiger partial charge >= 0.3 is 0 Å². The van der Waals surface area contributed by atoms with Crippen molar-refractivity contribution >= 4 is 110 Å². The molecule has 14 aromatic rings. The number of benzene rings is 10. The molecule has 14 rings (SSSR count). The van der Waals surface area contributed by atoms with Crippen LogP contribution >= 0.6 is 0 Å². The summed E-state index contributed by atoms with van der Waals surface area (Å²) in [5.74, 6) is 1.24. The van der Waals surface area contributed by atoms with Crippen molar-refractivity contribution in [3.8, 4) is 22.8 Å². The summed E-state index contributed by atoms with van der Waals surface area (Å²) in [6.45, 7) is 0. The van der Waals surface area contributed by atoms with Gasteiger partial charge in [-0.2, -0.15) is 0 Å². The van der Waals surface area contributed by atoms with Crippen molar-refractivity contribution < 1.29 is 8.83 Å². The summed E-state index contributed by atoms with van der Waals surface area (Å²) < 4.78 is 13.8. The number of furan rings is 2. The molecular formula is C60H36N6O2. The van der Waals surface area contributed by atoms with E-state index in [1.165, 1.54) is 0 Å². The maximum Gasteiger partial charge on any atom is 0.159 e. The van der Waals surface area contributed by atoms with Crippen LogP contribution in [0, 0.1) is 0 Å². The first-order valence-corrected chi connectivity index (χ1v) is 22.6. The van der Waals surface area contributed by atoms with Crippen LogP contribution in [0.2, 0.25) is 0 Å². The molecule has 0 saturated carbocycles. The molecule has 0 amide bonds. The summed E-state index contributed by atoms with van der Waals surface area (Å²) in [5.41, 5.74) is 10.9. The molecule has 0 N–H and O–H groups in total. The van der Waals surface area contributed by atoms with Crippen molar-refractivity contribution in [2.75, 3.05) is 9.80 Å². The summed E-state index contributed by atoms with van der Waals surface area (Å²) in [7, 11) is 0. The van der Waals surface area contributed by atoms with Crippen molar-refractivity contribution in [1.29, 1.82) is 0 Å². The average molecular weight is 873 g/mol. The Morgan fingerprint density at radius 2 is 0.618 bits per heavy atom. The minimum absolute atomic E-state index is 0.621. The Morgan fingerprint density at radius 3 is 0.971 bits per heavy atom. The second-order valence-electron chi connectivity index (χ2n) is 17.0. The Kier molecular flexibility index (Phi) is 8.41. The van der Waals surface area contributed by atoms with Crippen LogP contribution in [0.4, 0.5) is 34.1 Å². The molecule has 0 aliphatic heterocycles. The van der Waals surface area contributed by atoms with Gasteiger partial charge in [-0.3, -0.25) is 0 Å². The number of aromatic nitrogens is 4. The third-order valence-corrected chi connectivity index (χ3v) is 13.2. The molecule has 8 heteroatoms. The first-order chi connectivity index (χ1) is 33.7. The molecule has 68 heavy (non-hydrogen) atoms. The SMILES string of the molecule is c1ccc(N(c2ccccc2)c2cnc(-c3ccc4c(c3)oc3c5cccc6c7c8ccc(-c9ncc(N(c%10ccccc%10)c%10ccccc%10)cn9)cc8oc7c7cccc(c43)c7c56)nc2)cc1. The molecular weight excluding hydrogens is 837 g/mol. The van der Waals surface area contributed by atoms with Crippen LogP contribution in [-0.4, -0.2) is 19.9 Å². The fraction of sp³-hybridized carbons (Fsp3) is 0. The maximum atomic E-state index is 6.92. The van der Waals surface area contributed by atoms with E-state index in [0.717, 1.165) is 121 Å². The number of hydrogen-bond acceptors (Lipinski definition) is 8. The monoisotopic (exact) mass is 872 g/mol. The lowest BCUT2D eigenvalue weighted by molar-refractivity contribution is 0.672. The molecule has 0 aliphatic rings. The Morgan fingerprint density at radius 1 is 0.279 bits per heavy atom. The number of hydrogen-bond donors (Lipinski definition) is 0. The largest absolute Gasteiger partial charge is 0.455 e. The fourth-order valence-electron chi connectivity index (χ4n) is 10.2. The third kappa shape index (κ3) is 5.87. The molecule has 0 atom stereocenters. The van der Waals surface area contributed by atoms with Gasteiger partial charge in [0.05, 0.1) is 36.2 Å². The molecule has 4 heterocycles. The smallest absolute Gasteiger partial charge is 0.159 e. The molecule has 0 aliphatic carbocycles. The Bertz CT molecular complexity index is 3830. The van der Waals surface area contributed by atoms with Crippen molar-refractivity contribution in [2.45, 2.75) is 0 Å². The molecule has 0 fully saturated rings. The standard InChI is InChI=1S/C60H36N6O2/c1-5-15-39(16-6-1)65(40-17-7-2-8-18-40)43-33-61-59(62-34-43)37-27-29-45-51(31-37)67-57-49-25-14-24-48-54(49)53-47(55(45)57)23-13-26-50(53)58-56(48)46-30-28-38(32-52(46)68-58)60-63-35-44(36-64-60)66(41-19-9-3-10-20-41)42-21-11-4-12-22-42/h1-36H. The van der Waals surface area contributed by atoms with E-state index in [1.54, 1.807) is 0 Å². The summed E-state index contributed by atoms with van der Waals surface area (Å²) >= 11 is 0. The third-order valence-electron chi connectivity index (χ3n) is 13.2. The van der Waals surface area contributed by atoms with Gasteiger partial charge in [-0.25, -0.2) is 19.9 Å². The van der Waals surface area contributed by atoms with Gasteiger partial charge in [0.2, 0.25) is 0 Å². The number of rotatable bonds is 8. The van der Waals surface area contributed by atoms with E-state index in [-0.39, 0.29) is 0 Å². The molecule has 4 aromatic heterocycles. The van der Waals surface area contributed by atoms with Gasteiger partial charge in [0.25, 0.3) is 0 Å². The van der Waals surface area contributed by atoms with E-state index in [2.05, 4.69) is 131 Å². The summed E-state index contributed by atoms with van der Waals surface area (Å²) in [6.07, 6.45) is 7.54. The zero-order chi connectivity index (χ0) is 44.7. The molecule has 10 aromatic carbocycles. The molecule has 8 nitrogen and oxygen atoms in total. The molecule has 318 valence electrons. The highest BCUT2D eigenvalue weighted by atomic mass is 16.3. The van der Waals surface area contributed by atoms with E-state index in [1.807, 2.05) is 97.6 Å². The second-order valence-corrected chi connectivity index (χ2v) is 17.0. The number of para-hydroxylation sites is 4. The molecule has 0 radical (unpaired) electrons. The quantitative estimate of drug-likeness (QED) is 0.140. The topological polar surface area (TPSA) is 84.3 Å². The predicted molar refractivity (Wildman–Crippen MR) is 276 cm³/mol. The van der Waals surface area contributed by atoms with Crippen LogP contribution in [0.15, 0.2) is 228 Å². The van der Waals surface area contributed by atoms with Crippen LogP contribution < -0.4 is 9.80 Å². The number of fused-ring (bicyclic) bond motifs is 10. The highest BCUT2D eigenvalue weighted by molar-refractivity contribution is 6.43. The van der Waals surface area contributed by atoms with Gasteiger partial charge in [0.1, 0.15) is 22.3 Å². The summed E-state index contributed by atoms with van der Waals surface area (Å²) in [4.78, 5) is 23.9. The normalized spacial score (nSPS) is 11.8. The lowest BCUT2D eigenvalue weighted by atomic mass is 9.89. The number of anilines is 6. The molecule has 0 bridgehead atoms. The Labute approximate surface area is 389 Å². The van der Waals surface area contributed by atoms with Crippen LogP contribution in [-0.2, 0) is 0 Å². The van der Waals surface area contributed by atoms with Crippen LogP contribution in [0.25, 0.3) is 99.0 Å². The van der Waals surface area contributed by atoms with Gasteiger partial charge in [-0.05, 0) is 83.6 Å². The van der Waals surface area contributed by atoms with Crippen LogP contribution in [0.3, 0.4) is 0 Å². The van der Waals surface area contributed by atoms with Gasteiger partial charge in [0, 0.05) is 77.0 Å². The lowest BCUT2D eigenvalue weighted by Gasteiger charge is -2.24. The van der Waals surface area contributed by atoms with E-state index in [4.69, 9.17) is 28.8 Å². The van der Waals surface area contributed by atoms with Gasteiger partial charge in [-0.1, -0.05) is 121 Å². The van der Waals surface area contributed by atoms with Crippen LogP contribution in [0.1, 0.15) is 0 Å². The highest BCUT2D eigenvalue weighted by Gasteiger charge is 2.24. The van der Waals surface area contributed by atoms with Gasteiger partial charge in [-0.15, -0.1) is 0 Å². The predicted octanol–water partition coefficient (Wildman–Crippen LogP) is 16.2. The first kappa shape index (κ1) is 37.9. The Hall–Kier alpha value is -9.40. The van der Waals surface area contributed by atoms with E-state index in [0.29, 0.717) is 11.6 Å². The van der Waals surface area contributed by atoms with E-state index >= 15 is 0 Å². The zero-order valence-corrected chi connectivity index (χ0v) is 36.3. The first-order valence-electron chi connectivity index (χ1n) is 22.6. The zero-order valence-electron chi connectivity index (χ0n) is 36.3. The van der Waals surface area contributed by atoms with Crippen molar-refractivity contribution in [2.24, 2.45) is 0 Å². The fourth-order valence-corrected chi connectivity index (χ4v) is 10.2. The maximum absolute atomic E-state index is 6.92. The van der Waals surface area contributed by atoms with Crippen molar-refractivity contribution in [1.82, 2.24) is 19.9 Å². The van der Waals surface area contributed by atoms with E-state index < -0.39 is 0 Å². The summed E-state index contributed by atoms with van der Waals surface area (Å²) in [6, 6.07) is 66.7. The summed E-state index contributed by atoms with van der Waals surface area (Å²) in [5, 5.41) is 10.9. The molecule has 0 unspecified atom stereocenters. The lowest BCUT2D eigenvalue weighted by Crippen LogP contribution is -2.10. The average Bonchev–Trinajstić information content (AvgIpc) is 4.00. The minimum atomic E-state index is 0.621. The number of nitrogens with zero attached hydrogens (tertiary/aromatic N) is 6. The highest BCUT2D eigenvalue weighted by Crippen LogP contribution is 2.50. The van der Waals surface area contributed by atoms with Gasteiger partial charge in [0.15, 0.2) is 11.6 Å². The minimum Gasteiger partial charge on any atom is -0.455 e. The Balaban J connectivity index is 0.863.